The second-order valence-corrected chi connectivity index (χ2v) is 5.37. The normalized spacial score (nSPS) is 10.4. The number of thioether (sulfide) groups is 1. The lowest BCUT2D eigenvalue weighted by Gasteiger charge is -2.06. The van der Waals surface area contributed by atoms with Gasteiger partial charge in [0.15, 0.2) is 0 Å². The van der Waals surface area contributed by atoms with E-state index in [0.29, 0.717) is 5.82 Å². The maximum Gasteiger partial charge on any atom is 0.224 e. The van der Waals surface area contributed by atoms with Crippen molar-refractivity contribution in [3.63, 3.8) is 0 Å². The number of halogens is 2. The van der Waals surface area contributed by atoms with E-state index < -0.39 is 0 Å². The van der Waals surface area contributed by atoms with Crippen molar-refractivity contribution in [1.29, 1.82) is 0 Å². The number of nitrogens with zero attached hydrogens (tertiary/aromatic N) is 2. The smallest absolute Gasteiger partial charge is 0.224 e. The predicted octanol–water partition coefficient (Wildman–Crippen LogP) is 2.42. The summed E-state index contributed by atoms with van der Waals surface area (Å²) in [6, 6.07) is 0. The zero-order valence-electron chi connectivity index (χ0n) is 8.62. The van der Waals surface area contributed by atoms with Crippen LogP contribution in [0.2, 0.25) is 5.28 Å². The molecule has 0 fully saturated rings. The Labute approximate surface area is 112 Å². The van der Waals surface area contributed by atoms with Crippen LogP contribution in [0.3, 0.4) is 0 Å². The van der Waals surface area contributed by atoms with Crippen LogP contribution in [-0.2, 0) is 0 Å². The van der Waals surface area contributed by atoms with E-state index in [0.717, 1.165) is 28.9 Å². The maximum absolute atomic E-state index is 8.60. The van der Waals surface area contributed by atoms with Gasteiger partial charge >= 0.3 is 0 Å². The topological polar surface area (TPSA) is 58.0 Å². The van der Waals surface area contributed by atoms with Gasteiger partial charge in [0.05, 0.1) is 4.47 Å². The molecule has 1 aromatic rings. The van der Waals surface area contributed by atoms with Crippen molar-refractivity contribution < 1.29 is 5.11 Å². The van der Waals surface area contributed by atoms with E-state index in [1.807, 2.05) is 0 Å². The van der Waals surface area contributed by atoms with Gasteiger partial charge in [-0.1, -0.05) is 0 Å². The van der Waals surface area contributed by atoms with Crippen molar-refractivity contribution in [1.82, 2.24) is 9.97 Å². The van der Waals surface area contributed by atoms with Gasteiger partial charge in [0, 0.05) is 25.1 Å². The number of anilines is 1. The number of nitrogens with one attached hydrogen (secondary N) is 1. The van der Waals surface area contributed by atoms with Crippen molar-refractivity contribution in [2.45, 2.75) is 6.42 Å². The molecular weight excluding hydrogens is 314 g/mol. The van der Waals surface area contributed by atoms with Gasteiger partial charge in [-0.2, -0.15) is 16.7 Å². The van der Waals surface area contributed by atoms with Gasteiger partial charge in [-0.25, -0.2) is 4.98 Å². The molecule has 0 aromatic carbocycles. The van der Waals surface area contributed by atoms with Crippen LogP contribution in [0.15, 0.2) is 10.7 Å². The summed E-state index contributed by atoms with van der Waals surface area (Å²) in [5, 5.41) is 12.0. The third kappa shape index (κ3) is 5.34. The van der Waals surface area contributed by atoms with E-state index in [2.05, 4.69) is 31.2 Å². The first kappa shape index (κ1) is 14.0. The molecule has 1 rings (SSSR count). The van der Waals surface area contributed by atoms with E-state index in [9.17, 15) is 0 Å². The molecule has 0 radical (unpaired) electrons. The Morgan fingerprint density at radius 1 is 1.50 bits per heavy atom. The van der Waals surface area contributed by atoms with E-state index in [1.165, 1.54) is 0 Å². The molecule has 0 atom stereocenters. The molecule has 7 heteroatoms. The van der Waals surface area contributed by atoms with Gasteiger partial charge in [0.25, 0.3) is 0 Å². The molecule has 0 saturated carbocycles. The summed E-state index contributed by atoms with van der Waals surface area (Å²) in [4.78, 5) is 7.90. The third-order valence-corrected chi connectivity index (χ3v) is 3.53. The fraction of sp³-hybridized carbons (Fsp3) is 0.556. The number of hydrogen-bond acceptors (Lipinski definition) is 5. The maximum atomic E-state index is 8.60. The highest BCUT2D eigenvalue weighted by Crippen LogP contribution is 2.19. The minimum Gasteiger partial charge on any atom is -0.396 e. The second kappa shape index (κ2) is 8.11. The highest BCUT2D eigenvalue weighted by molar-refractivity contribution is 9.10. The van der Waals surface area contributed by atoms with E-state index in [4.69, 9.17) is 16.7 Å². The lowest BCUT2D eigenvalue weighted by atomic mass is 10.5. The first-order valence-corrected chi connectivity index (χ1v) is 7.17. The van der Waals surface area contributed by atoms with Crippen molar-refractivity contribution >= 4 is 45.1 Å². The van der Waals surface area contributed by atoms with Crippen molar-refractivity contribution in [2.75, 3.05) is 30.0 Å². The number of aromatic nitrogens is 2. The summed E-state index contributed by atoms with van der Waals surface area (Å²) >= 11 is 10.8. The summed E-state index contributed by atoms with van der Waals surface area (Å²) in [7, 11) is 0. The fourth-order valence-electron chi connectivity index (χ4n) is 0.980. The van der Waals surface area contributed by atoms with Crippen LogP contribution in [0.5, 0.6) is 0 Å². The van der Waals surface area contributed by atoms with Gasteiger partial charge in [-0.15, -0.1) is 0 Å². The summed E-state index contributed by atoms with van der Waals surface area (Å²) in [5.41, 5.74) is 0. The molecule has 0 bridgehead atoms. The Morgan fingerprint density at radius 2 is 2.31 bits per heavy atom. The lowest BCUT2D eigenvalue weighted by Crippen LogP contribution is -2.07. The van der Waals surface area contributed by atoms with Crippen LogP contribution < -0.4 is 5.32 Å². The number of rotatable bonds is 7. The molecule has 0 aliphatic carbocycles. The molecule has 0 unspecified atom stereocenters. The minimum absolute atomic E-state index is 0.235. The monoisotopic (exact) mass is 325 g/mol. The second-order valence-electron chi connectivity index (χ2n) is 2.95. The number of aliphatic hydroxyl groups excluding tert-OH is 1. The highest BCUT2D eigenvalue weighted by Gasteiger charge is 2.02. The van der Waals surface area contributed by atoms with Gasteiger partial charge in [0.2, 0.25) is 5.28 Å². The minimum atomic E-state index is 0.235. The number of aliphatic hydroxyl groups is 1. The molecule has 0 aliphatic rings. The van der Waals surface area contributed by atoms with Crippen molar-refractivity contribution in [3.8, 4) is 0 Å². The molecule has 90 valence electrons. The van der Waals surface area contributed by atoms with Crippen LogP contribution in [0.25, 0.3) is 0 Å². The van der Waals surface area contributed by atoms with Gasteiger partial charge in [-0.05, 0) is 39.7 Å². The summed E-state index contributed by atoms with van der Waals surface area (Å²) in [5.74, 6) is 2.65. The summed E-state index contributed by atoms with van der Waals surface area (Å²) < 4.78 is 0.803. The Bertz CT molecular complexity index is 330. The standard InChI is InChI=1S/C9H13BrClN3OS/c10-7-6-13-9(11)14-8(7)12-2-5-16-4-1-3-15/h6,15H,1-5H2,(H,12,13,14). The molecule has 1 heterocycles. The van der Waals surface area contributed by atoms with Crippen LogP contribution in [0.4, 0.5) is 5.82 Å². The Kier molecular flexibility index (Phi) is 7.11. The molecular formula is C9H13BrClN3OS. The molecule has 0 aliphatic heterocycles. The molecule has 2 N–H and O–H groups in total. The van der Waals surface area contributed by atoms with E-state index in [-0.39, 0.29) is 11.9 Å². The zero-order chi connectivity index (χ0) is 11.8. The first-order valence-electron chi connectivity index (χ1n) is 4.84. The van der Waals surface area contributed by atoms with Gasteiger partial charge < -0.3 is 10.4 Å². The van der Waals surface area contributed by atoms with Gasteiger partial charge in [0.1, 0.15) is 5.82 Å². The fourth-order valence-corrected chi connectivity index (χ4v) is 2.23. The molecule has 4 nitrogen and oxygen atoms in total. The van der Waals surface area contributed by atoms with Gasteiger partial charge in [-0.3, -0.25) is 0 Å². The average molecular weight is 327 g/mol. The largest absolute Gasteiger partial charge is 0.396 e. The van der Waals surface area contributed by atoms with Crippen molar-refractivity contribution in [3.05, 3.63) is 16.0 Å². The van der Waals surface area contributed by atoms with E-state index >= 15 is 0 Å². The molecule has 0 saturated heterocycles. The SMILES string of the molecule is OCCCSCCNc1nc(Cl)ncc1Br. The van der Waals surface area contributed by atoms with Crippen LogP contribution in [0, 0.1) is 0 Å². The quantitative estimate of drug-likeness (QED) is 0.595. The molecule has 1 aromatic heterocycles. The van der Waals surface area contributed by atoms with Crippen LogP contribution >= 0.6 is 39.3 Å². The molecule has 0 spiro atoms. The van der Waals surface area contributed by atoms with Crippen molar-refractivity contribution in [2.24, 2.45) is 0 Å². The number of hydrogen-bond donors (Lipinski definition) is 2. The first-order chi connectivity index (χ1) is 7.74. The summed E-state index contributed by atoms with van der Waals surface area (Å²) in [6.45, 7) is 1.07. The molecule has 0 amide bonds. The summed E-state index contributed by atoms with van der Waals surface area (Å²) in [6.07, 6.45) is 2.46. The van der Waals surface area contributed by atoms with E-state index in [1.54, 1.807) is 18.0 Å². The zero-order valence-corrected chi connectivity index (χ0v) is 11.8. The predicted molar refractivity (Wildman–Crippen MR) is 72.3 cm³/mol. The highest BCUT2D eigenvalue weighted by atomic mass is 79.9. The van der Waals surface area contributed by atoms with Crippen LogP contribution in [-0.4, -0.2) is 39.7 Å². The Morgan fingerprint density at radius 3 is 3.06 bits per heavy atom. The lowest BCUT2D eigenvalue weighted by molar-refractivity contribution is 0.296. The third-order valence-electron chi connectivity index (χ3n) is 1.70. The average Bonchev–Trinajstić information content (AvgIpc) is 2.28. The molecule has 16 heavy (non-hydrogen) atoms. The Hall–Kier alpha value is -0.0400. The Balaban J connectivity index is 2.23. The van der Waals surface area contributed by atoms with Crippen LogP contribution in [0.1, 0.15) is 6.42 Å².